The standard InChI is InChI=1S/C19H24N2/c1-2-15-7-9-16(10-8-15)13-21-14-18-6-4-3-5-17(18)11-19(21)12-20/h3-10,19H,2,11-14,20H2,1H3. The van der Waals surface area contributed by atoms with E-state index in [0.717, 1.165) is 32.5 Å². The summed E-state index contributed by atoms with van der Waals surface area (Å²) >= 11 is 0. The smallest absolute Gasteiger partial charge is 0.0265 e. The SMILES string of the molecule is CCc1ccc(CN2Cc3ccccc3CC2CN)cc1. The van der Waals surface area contributed by atoms with E-state index in [9.17, 15) is 0 Å². The molecule has 1 atom stereocenters. The van der Waals surface area contributed by atoms with Gasteiger partial charge in [0.1, 0.15) is 0 Å². The lowest BCUT2D eigenvalue weighted by Gasteiger charge is -2.36. The molecule has 2 aromatic carbocycles. The van der Waals surface area contributed by atoms with Crippen LogP contribution in [0.4, 0.5) is 0 Å². The first-order valence-electron chi connectivity index (χ1n) is 7.89. The largest absolute Gasteiger partial charge is 0.329 e. The second-order valence-corrected chi connectivity index (χ2v) is 5.94. The van der Waals surface area contributed by atoms with Gasteiger partial charge in [0.15, 0.2) is 0 Å². The molecule has 0 fully saturated rings. The van der Waals surface area contributed by atoms with Crippen LogP contribution in [0.25, 0.3) is 0 Å². The van der Waals surface area contributed by atoms with Gasteiger partial charge in [-0.25, -0.2) is 0 Å². The highest BCUT2D eigenvalue weighted by Crippen LogP contribution is 2.24. The number of aryl methyl sites for hydroxylation is 1. The van der Waals surface area contributed by atoms with E-state index in [-0.39, 0.29) is 0 Å². The van der Waals surface area contributed by atoms with Crippen molar-refractivity contribution in [3.05, 3.63) is 70.8 Å². The van der Waals surface area contributed by atoms with Gasteiger partial charge in [0, 0.05) is 25.7 Å². The van der Waals surface area contributed by atoms with E-state index in [0.29, 0.717) is 6.04 Å². The number of fused-ring (bicyclic) bond motifs is 1. The molecule has 3 rings (SSSR count). The van der Waals surface area contributed by atoms with Gasteiger partial charge in [0.05, 0.1) is 0 Å². The maximum atomic E-state index is 6.01. The molecule has 2 aromatic rings. The highest BCUT2D eigenvalue weighted by Gasteiger charge is 2.24. The molecule has 0 radical (unpaired) electrons. The minimum absolute atomic E-state index is 0.450. The molecule has 2 nitrogen and oxygen atoms in total. The van der Waals surface area contributed by atoms with Gasteiger partial charge in [0.2, 0.25) is 0 Å². The molecule has 110 valence electrons. The maximum absolute atomic E-state index is 6.01. The van der Waals surface area contributed by atoms with Crippen molar-refractivity contribution >= 4 is 0 Å². The van der Waals surface area contributed by atoms with Gasteiger partial charge in [-0.15, -0.1) is 0 Å². The molecule has 2 heteroatoms. The van der Waals surface area contributed by atoms with Crippen LogP contribution in [0, 0.1) is 0 Å². The van der Waals surface area contributed by atoms with Gasteiger partial charge in [-0.2, -0.15) is 0 Å². The van der Waals surface area contributed by atoms with Crippen molar-refractivity contribution in [1.29, 1.82) is 0 Å². The number of nitrogens with zero attached hydrogens (tertiary/aromatic N) is 1. The Morgan fingerprint density at radius 3 is 2.33 bits per heavy atom. The molecule has 0 saturated heterocycles. The number of hydrogen-bond acceptors (Lipinski definition) is 2. The van der Waals surface area contributed by atoms with Gasteiger partial charge in [-0.1, -0.05) is 55.5 Å². The molecule has 21 heavy (non-hydrogen) atoms. The zero-order valence-corrected chi connectivity index (χ0v) is 12.8. The first kappa shape index (κ1) is 14.3. The summed E-state index contributed by atoms with van der Waals surface area (Å²) in [5.74, 6) is 0. The van der Waals surface area contributed by atoms with E-state index in [2.05, 4.69) is 60.4 Å². The molecular formula is C19H24N2. The Labute approximate surface area is 127 Å². The second kappa shape index (κ2) is 6.42. The zero-order chi connectivity index (χ0) is 14.7. The summed E-state index contributed by atoms with van der Waals surface area (Å²) in [7, 11) is 0. The Morgan fingerprint density at radius 1 is 1.00 bits per heavy atom. The average molecular weight is 280 g/mol. The van der Waals surface area contributed by atoms with Crippen LogP contribution in [0.15, 0.2) is 48.5 Å². The fourth-order valence-corrected chi connectivity index (χ4v) is 3.17. The van der Waals surface area contributed by atoms with E-state index >= 15 is 0 Å². The van der Waals surface area contributed by atoms with Crippen LogP contribution in [-0.4, -0.2) is 17.5 Å². The lowest BCUT2D eigenvalue weighted by Crippen LogP contribution is -2.44. The van der Waals surface area contributed by atoms with E-state index in [1.807, 2.05) is 0 Å². The lowest BCUT2D eigenvalue weighted by molar-refractivity contribution is 0.167. The van der Waals surface area contributed by atoms with Gasteiger partial charge in [0.25, 0.3) is 0 Å². The highest BCUT2D eigenvalue weighted by molar-refractivity contribution is 5.31. The molecule has 0 bridgehead atoms. The molecule has 1 aliphatic rings. The van der Waals surface area contributed by atoms with Gasteiger partial charge >= 0.3 is 0 Å². The minimum atomic E-state index is 0.450. The van der Waals surface area contributed by atoms with Crippen LogP contribution in [0.1, 0.15) is 29.2 Å². The third kappa shape index (κ3) is 3.17. The number of rotatable bonds is 4. The summed E-state index contributed by atoms with van der Waals surface area (Å²) in [4.78, 5) is 2.52. The van der Waals surface area contributed by atoms with Crippen molar-refractivity contribution in [1.82, 2.24) is 4.90 Å². The number of hydrogen-bond donors (Lipinski definition) is 1. The zero-order valence-electron chi connectivity index (χ0n) is 12.8. The van der Waals surface area contributed by atoms with Crippen molar-refractivity contribution in [2.24, 2.45) is 5.73 Å². The van der Waals surface area contributed by atoms with E-state index in [1.54, 1.807) is 0 Å². The summed E-state index contributed by atoms with van der Waals surface area (Å²) in [5, 5.41) is 0. The van der Waals surface area contributed by atoms with Crippen LogP contribution >= 0.6 is 0 Å². The first-order chi connectivity index (χ1) is 10.3. The normalized spacial score (nSPS) is 18.5. The van der Waals surface area contributed by atoms with Crippen LogP contribution in [-0.2, 0) is 25.9 Å². The predicted octanol–water partition coefficient (Wildman–Crippen LogP) is 3.13. The molecular weight excluding hydrogens is 256 g/mol. The third-order valence-electron chi connectivity index (χ3n) is 4.55. The molecule has 0 aliphatic carbocycles. The van der Waals surface area contributed by atoms with Crippen LogP contribution in [0.2, 0.25) is 0 Å². The minimum Gasteiger partial charge on any atom is -0.329 e. The van der Waals surface area contributed by atoms with E-state index in [4.69, 9.17) is 5.73 Å². The fraction of sp³-hybridized carbons (Fsp3) is 0.368. The number of benzene rings is 2. The molecule has 1 unspecified atom stereocenters. The highest BCUT2D eigenvalue weighted by atomic mass is 15.2. The fourth-order valence-electron chi connectivity index (χ4n) is 3.17. The van der Waals surface area contributed by atoms with Gasteiger partial charge in [-0.05, 0) is 35.1 Å². The van der Waals surface area contributed by atoms with Crippen molar-refractivity contribution < 1.29 is 0 Å². The van der Waals surface area contributed by atoms with E-state index < -0.39 is 0 Å². The number of nitrogens with two attached hydrogens (primary N) is 1. The van der Waals surface area contributed by atoms with Crippen molar-refractivity contribution in [3.63, 3.8) is 0 Å². The van der Waals surface area contributed by atoms with Gasteiger partial charge in [-0.3, -0.25) is 4.90 Å². The average Bonchev–Trinajstić information content (AvgIpc) is 2.55. The summed E-state index contributed by atoms with van der Waals surface area (Å²) in [6, 6.07) is 18.2. The topological polar surface area (TPSA) is 29.3 Å². The maximum Gasteiger partial charge on any atom is 0.0265 e. The molecule has 0 spiro atoms. The molecule has 0 amide bonds. The molecule has 0 saturated carbocycles. The Bertz CT molecular complexity index is 589. The van der Waals surface area contributed by atoms with Crippen molar-refractivity contribution in [2.75, 3.05) is 6.54 Å². The molecule has 2 N–H and O–H groups in total. The van der Waals surface area contributed by atoms with Crippen molar-refractivity contribution in [3.8, 4) is 0 Å². The summed E-state index contributed by atoms with van der Waals surface area (Å²) in [6.45, 7) is 4.91. The van der Waals surface area contributed by atoms with Crippen LogP contribution in [0.5, 0.6) is 0 Å². The Morgan fingerprint density at radius 2 is 1.67 bits per heavy atom. The van der Waals surface area contributed by atoms with E-state index in [1.165, 1.54) is 22.3 Å². The Kier molecular flexibility index (Phi) is 4.37. The monoisotopic (exact) mass is 280 g/mol. The molecule has 0 aromatic heterocycles. The van der Waals surface area contributed by atoms with Crippen LogP contribution in [0.3, 0.4) is 0 Å². The Balaban J connectivity index is 1.77. The lowest BCUT2D eigenvalue weighted by atomic mass is 9.93. The van der Waals surface area contributed by atoms with Crippen LogP contribution < -0.4 is 5.73 Å². The quantitative estimate of drug-likeness (QED) is 0.932. The second-order valence-electron chi connectivity index (χ2n) is 5.94. The summed E-state index contributed by atoms with van der Waals surface area (Å²) in [5.41, 5.74) is 11.7. The van der Waals surface area contributed by atoms with Crippen molar-refractivity contribution in [2.45, 2.75) is 38.9 Å². The molecule has 1 aliphatic heterocycles. The summed E-state index contributed by atoms with van der Waals surface area (Å²) < 4.78 is 0. The summed E-state index contributed by atoms with van der Waals surface area (Å²) in [6.07, 6.45) is 2.17. The third-order valence-corrected chi connectivity index (χ3v) is 4.55. The molecule has 1 heterocycles. The predicted molar refractivity (Wildman–Crippen MR) is 88.1 cm³/mol. The Hall–Kier alpha value is -1.64. The van der Waals surface area contributed by atoms with Gasteiger partial charge < -0.3 is 5.73 Å². The first-order valence-corrected chi connectivity index (χ1v) is 7.89.